The van der Waals surface area contributed by atoms with Crippen molar-refractivity contribution in [3.05, 3.63) is 42.0 Å². The smallest absolute Gasteiger partial charge is 0.158 e. The molecule has 1 aliphatic rings. The number of benzene rings is 2. The van der Waals surface area contributed by atoms with Crippen LogP contribution < -0.4 is 4.74 Å². The summed E-state index contributed by atoms with van der Waals surface area (Å²) >= 11 is 5.72. The zero-order valence-corrected chi connectivity index (χ0v) is 12.8. The summed E-state index contributed by atoms with van der Waals surface area (Å²) in [4.78, 5) is 0. The molecule has 4 heteroatoms. The quantitative estimate of drug-likeness (QED) is 0.772. The van der Waals surface area contributed by atoms with E-state index in [1.807, 2.05) is 18.2 Å². The fraction of sp³-hybridized carbons (Fsp3) is 0.412. The van der Waals surface area contributed by atoms with Crippen LogP contribution in [0.5, 0.6) is 5.75 Å². The Morgan fingerprint density at radius 2 is 2.19 bits per heavy atom. The van der Waals surface area contributed by atoms with E-state index in [-0.39, 0.29) is 12.4 Å². The molecule has 3 nitrogen and oxygen atoms in total. The summed E-state index contributed by atoms with van der Waals surface area (Å²) in [6, 6.07) is 12.3. The number of halogens is 1. The largest absolute Gasteiger partial charge is 0.497 e. The average molecular weight is 307 g/mol. The number of rotatable bonds is 5. The molecule has 2 atom stereocenters. The van der Waals surface area contributed by atoms with Crippen molar-refractivity contribution in [2.45, 2.75) is 25.2 Å². The molecule has 1 fully saturated rings. The molecule has 0 aromatic heterocycles. The number of alkyl halides is 1. The van der Waals surface area contributed by atoms with Crippen LogP contribution in [0.3, 0.4) is 0 Å². The topological polar surface area (TPSA) is 27.7 Å². The van der Waals surface area contributed by atoms with E-state index < -0.39 is 0 Å². The molecule has 1 saturated heterocycles. The molecule has 0 radical (unpaired) electrons. The maximum absolute atomic E-state index is 6.00. The van der Waals surface area contributed by atoms with Crippen molar-refractivity contribution < 1.29 is 14.2 Å². The van der Waals surface area contributed by atoms with E-state index >= 15 is 0 Å². The molecule has 112 valence electrons. The minimum Gasteiger partial charge on any atom is -0.497 e. The number of fused-ring (bicyclic) bond motifs is 1. The predicted molar refractivity (Wildman–Crippen MR) is 84.0 cm³/mol. The van der Waals surface area contributed by atoms with Crippen molar-refractivity contribution in [3.8, 4) is 5.75 Å². The molecule has 2 unspecified atom stereocenters. The van der Waals surface area contributed by atoms with Crippen molar-refractivity contribution in [3.63, 3.8) is 0 Å². The molecular formula is C17H19ClO3. The van der Waals surface area contributed by atoms with Gasteiger partial charge in [-0.2, -0.15) is 0 Å². The Labute approximate surface area is 129 Å². The molecule has 0 aliphatic carbocycles. The molecule has 3 rings (SSSR count). The highest BCUT2D eigenvalue weighted by Gasteiger charge is 2.27. The van der Waals surface area contributed by atoms with E-state index in [0.29, 0.717) is 12.5 Å². The summed E-state index contributed by atoms with van der Waals surface area (Å²) in [5, 5.41) is 2.34. The summed E-state index contributed by atoms with van der Waals surface area (Å²) in [6.45, 7) is 0.595. The Hall–Kier alpha value is -1.29. The van der Waals surface area contributed by atoms with Crippen molar-refractivity contribution >= 4 is 22.4 Å². The molecule has 0 spiro atoms. The van der Waals surface area contributed by atoms with Gasteiger partial charge in [-0.3, -0.25) is 0 Å². The Balaban J connectivity index is 1.84. The second kappa shape index (κ2) is 6.65. The lowest BCUT2D eigenvalue weighted by Crippen LogP contribution is -2.08. The van der Waals surface area contributed by atoms with E-state index in [2.05, 4.69) is 18.2 Å². The SMILES string of the molecule is COc1ccc2c(C3COC(CCCCl)O3)cccc2c1. The molecule has 0 amide bonds. The van der Waals surface area contributed by atoms with Gasteiger partial charge in [-0.1, -0.05) is 24.3 Å². The highest BCUT2D eigenvalue weighted by molar-refractivity contribution is 6.17. The number of hydrogen-bond donors (Lipinski definition) is 0. The number of methoxy groups -OCH3 is 1. The van der Waals surface area contributed by atoms with Crippen LogP contribution in [0.2, 0.25) is 0 Å². The fourth-order valence-electron chi connectivity index (χ4n) is 2.71. The fourth-order valence-corrected chi connectivity index (χ4v) is 2.86. The lowest BCUT2D eigenvalue weighted by molar-refractivity contribution is -0.0624. The highest BCUT2D eigenvalue weighted by atomic mass is 35.5. The molecule has 2 aromatic rings. The van der Waals surface area contributed by atoms with Crippen molar-refractivity contribution in [2.75, 3.05) is 19.6 Å². The van der Waals surface area contributed by atoms with Gasteiger partial charge in [-0.05, 0) is 41.3 Å². The minimum absolute atomic E-state index is 0.0116. The summed E-state index contributed by atoms with van der Waals surface area (Å²) in [5.74, 6) is 1.50. The third-order valence-electron chi connectivity index (χ3n) is 3.79. The minimum atomic E-state index is -0.137. The Kier molecular flexibility index (Phi) is 4.63. The summed E-state index contributed by atoms with van der Waals surface area (Å²) in [5.41, 5.74) is 1.17. The normalized spacial score (nSPS) is 21.8. The first-order valence-corrected chi connectivity index (χ1v) is 7.75. The van der Waals surface area contributed by atoms with Gasteiger partial charge in [0, 0.05) is 5.88 Å². The van der Waals surface area contributed by atoms with Gasteiger partial charge in [-0.25, -0.2) is 0 Å². The first kappa shape index (κ1) is 14.6. The van der Waals surface area contributed by atoms with Gasteiger partial charge >= 0.3 is 0 Å². The molecule has 21 heavy (non-hydrogen) atoms. The van der Waals surface area contributed by atoms with Gasteiger partial charge < -0.3 is 14.2 Å². The van der Waals surface area contributed by atoms with E-state index in [1.165, 1.54) is 10.9 Å². The maximum Gasteiger partial charge on any atom is 0.158 e. The molecule has 1 heterocycles. The lowest BCUT2D eigenvalue weighted by Gasteiger charge is -2.14. The van der Waals surface area contributed by atoms with Crippen LogP contribution in [-0.2, 0) is 9.47 Å². The monoisotopic (exact) mass is 306 g/mol. The first-order valence-electron chi connectivity index (χ1n) is 7.21. The van der Waals surface area contributed by atoms with Gasteiger partial charge in [0.2, 0.25) is 0 Å². The van der Waals surface area contributed by atoms with E-state index in [1.54, 1.807) is 7.11 Å². The van der Waals surface area contributed by atoms with Crippen LogP contribution in [0.4, 0.5) is 0 Å². The van der Waals surface area contributed by atoms with Gasteiger partial charge in [-0.15, -0.1) is 11.6 Å². The molecular weight excluding hydrogens is 288 g/mol. The van der Waals surface area contributed by atoms with Crippen molar-refractivity contribution in [2.24, 2.45) is 0 Å². The van der Waals surface area contributed by atoms with Crippen LogP contribution in [0.15, 0.2) is 36.4 Å². The summed E-state index contributed by atoms with van der Waals surface area (Å²) in [6.07, 6.45) is 1.61. The van der Waals surface area contributed by atoms with Gasteiger partial charge in [0.15, 0.2) is 6.29 Å². The third kappa shape index (κ3) is 3.15. The highest BCUT2D eigenvalue weighted by Crippen LogP contribution is 2.34. The lowest BCUT2D eigenvalue weighted by atomic mass is 10.0. The van der Waals surface area contributed by atoms with Crippen LogP contribution in [0.1, 0.15) is 24.5 Å². The molecule has 1 aliphatic heterocycles. The second-order valence-corrected chi connectivity index (χ2v) is 5.53. The molecule has 0 saturated carbocycles. The van der Waals surface area contributed by atoms with Crippen LogP contribution >= 0.6 is 11.6 Å². The van der Waals surface area contributed by atoms with Crippen LogP contribution in [0, 0.1) is 0 Å². The predicted octanol–water partition coefficient (Wildman–Crippen LogP) is 4.28. The third-order valence-corrected chi connectivity index (χ3v) is 4.06. The average Bonchev–Trinajstić information content (AvgIpc) is 3.00. The zero-order valence-electron chi connectivity index (χ0n) is 12.0. The van der Waals surface area contributed by atoms with E-state index in [0.717, 1.165) is 24.0 Å². The van der Waals surface area contributed by atoms with Gasteiger partial charge in [0.1, 0.15) is 11.9 Å². The van der Waals surface area contributed by atoms with E-state index in [4.69, 9.17) is 25.8 Å². The van der Waals surface area contributed by atoms with Crippen LogP contribution in [-0.4, -0.2) is 25.9 Å². The Morgan fingerprint density at radius 1 is 1.29 bits per heavy atom. The van der Waals surface area contributed by atoms with Gasteiger partial charge in [0.05, 0.1) is 13.7 Å². The number of hydrogen-bond acceptors (Lipinski definition) is 3. The summed E-state index contributed by atoms with van der Waals surface area (Å²) < 4.78 is 17.0. The second-order valence-electron chi connectivity index (χ2n) is 5.15. The number of ether oxygens (including phenoxy) is 3. The van der Waals surface area contributed by atoms with E-state index in [9.17, 15) is 0 Å². The van der Waals surface area contributed by atoms with Gasteiger partial charge in [0.25, 0.3) is 0 Å². The molecule has 0 bridgehead atoms. The van der Waals surface area contributed by atoms with Crippen LogP contribution in [0.25, 0.3) is 10.8 Å². The first-order chi connectivity index (χ1) is 10.3. The van der Waals surface area contributed by atoms with Crippen molar-refractivity contribution in [1.29, 1.82) is 0 Å². The Morgan fingerprint density at radius 3 is 3.00 bits per heavy atom. The standard InChI is InChI=1S/C17H19ClO3/c1-19-13-7-8-14-12(10-13)4-2-5-15(14)16-11-20-17(21-16)6-3-9-18/h2,4-5,7-8,10,16-17H,3,6,9,11H2,1H3. The molecule has 0 N–H and O–H groups in total. The van der Waals surface area contributed by atoms with Crippen molar-refractivity contribution in [1.82, 2.24) is 0 Å². The zero-order chi connectivity index (χ0) is 14.7. The molecule has 2 aromatic carbocycles. The summed E-state index contributed by atoms with van der Waals surface area (Å²) in [7, 11) is 1.68. The Bertz CT molecular complexity index is 614. The maximum atomic E-state index is 6.00.